The lowest BCUT2D eigenvalue weighted by Gasteiger charge is -2.27. The van der Waals surface area contributed by atoms with E-state index in [1.54, 1.807) is 19.2 Å². The van der Waals surface area contributed by atoms with E-state index in [1.165, 1.54) is 31.4 Å². The molecule has 2 aliphatic rings. The van der Waals surface area contributed by atoms with Crippen LogP contribution in [-0.4, -0.2) is 34.3 Å². The van der Waals surface area contributed by atoms with Gasteiger partial charge in [-0.25, -0.2) is 14.4 Å². The number of rotatable bonds is 9. The number of pyridine rings is 1. The molecule has 0 bridgehead atoms. The minimum Gasteiger partial charge on any atom is -0.497 e. The number of ether oxygens (including phenoxy) is 2. The summed E-state index contributed by atoms with van der Waals surface area (Å²) in [4.78, 5) is 9.62. The van der Waals surface area contributed by atoms with Crippen LogP contribution in [0.1, 0.15) is 43.1 Å². The van der Waals surface area contributed by atoms with Gasteiger partial charge >= 0.3 is 0 Å². The lowest BCUT2D eigenvalue weighted by atomic mass is 9.93. The Bertz CT molecular complexity index is 1360. The highest BCUT2D eigenvalue weighted by Crippen LogP contribution is 2.40. The maximum Gasteiger partial charge on any atom is 0.126 e. The third kappa shape index (κ3) is 4.96. The Labute approximate surface area is 216 Å². The number of halogens is 1. The van der Waals surface area contributed by atoms with E-state index in [2.05, 4.69) is 20.9 Å². The molecular formula is C30H31FN4O2. The average molecular weight is 499 g/mol. The first-order valence-corrected chi connectivity index (χ1v) is 13.0. The van der Waals surface area contributed by atoms with Crippen LogP contribution in [0.5, 0.6) is 5.75 Å². The number of imidazole rings is 1. The highest BCUT2D eigenvalue weighted by Gasteiger charge is 2.30. The van der Waals surface area contributed by atoms with Gasteiger partial charge in [0.1, 0.15) is 23.2 Å². The molecule has 0 amide bonds. The van der Waals surface area contributed by atoms with Crippen LogP contribution in [0.2, 0.25) is 0 Å². The Hall–Kier alpha value is -3.71. The first-order chi connectivity index (χ1) is 18.2. The van der Waals surface area contributed by atoms with Gasteiger partial charge in [-0.2, -0.15) is 0 Å². The number of benzene rings is 2. The Morgan fingerprint density at radius 1 is 1.00 bits per heavy atom. The van der Waals surface area contributed by atoms with Gasteiger partial charge in [-0.3, -0.25) is 0 Å². The van der Waals surface area contributed by atoms with E-state index in [-0.39, 0.29) is 11.9 Å². The average Bonchev–Trinajstić information content (AvgIpc) is 3.47. The summed E-state index contributed by atoms with van der Waals surface area (Å²) in [7, 11) is 1.67. The van der Waals surface area contributed by atoms with Gasteiger partial charge in [0.2, 0.25) is 0 Å². The first-order valence-electron chi connectivity index (χ1n) is 13.0. The number of nitrogens with zero attached hydrogens (tertiary/aromatic N) is 3. The van der Waals surface area contributed by atoms with Crippen LogP contribution in [0.3, 0.4) is 0 Å². The van der Waals surface area contributed by atoms with Gasteiger partial charge in [0.15, 0.2) is 0 Å². The van der Waals surface area contributed by atoms with E-state index in [1.807, 2.05) is 36.5 Å². The number of methoxy groups -OCH3 is 1. The number of fused-ring (bicyclic) bond motifs is 1. The van der Waals surface area contributed by atoms with Crippen LogP contribution >= 0.6 is 0 Å². The van der Waals surface area contributed by atoms with Crippen LogP contribution in [0, 0.1) is 5.82 Å². The second kappa shape index (κ2) is 10.3. The molecule has 2 aromatic carbocycles. The fraction of sp³-hybridized carbons (Fsp3) is 0.333. The van der Waals surface area contributed by atoms with Crippen LogP contribution in [0.25, 0.3) is 22.5 Å². The van der Waals surface area contributed by atoms with Crippen molar-refractivity contribution in [2.75, 3.05) is 19.0 Å². The summed E-state index contributed by atoms with van der Waals surface area (Å²) < 4.78 is 27.5. The molecule has 1 N–H and O–H groups in total. The Kier molecular flexibility index (Phi) is 6.62. The maximum atomic E-state index is 13.7. The summed E-state index contributed by atoms with van der Waals surface area (Å²) in [5, 5.41) is 3.56. The molecule has 1 fully saturated rings. The maximum absolute atomic E-state index is 13.7. The van der Waals surface area contributed by atoms with E-state index >= 15 is 0 Å². The standard InChI is InChI=1S/C30H31FN4O2/c1-36-26-12-5-20(6-13-26)18-37-19-25-11-14-28-34-29(21-7-9-23(31)10-8-21)30(35(25)28)22-15-16-32-27(17-22)33-24-3-2-4-24/h5-10,12-13,15-17,24-25H,2-4,11,14,18-19H2,1H3,(H,32,33)/t25-/m0/s1. The van der Waals surface area contributed by atoms with E-state index in [0.717, 1.165) is 58.3 Å². The number of nitrogens with one attached hydrogen (secondary N) is 1. The first kappa shape index (κ1) is 23.7. The molecule has 0 spiro atoms. The molecule has 0 radical (unpaired) electrons. The quantitative estimate of drug-likeness (QED) is 0.288. The molecule has 190 valence electrons. The van der Waals surface area contributed by atoms with E-state index in [9.17, 15) is 4.39 Å². The smallest absolute Gasteiger partial charge is 0.126 e. The number of aryl methyl sites for hydroxylation is 1. The lowest BCUT2D eigenvalue weighted by molar-refractivity contribution is 0.0925. The van der Waals surface area contributed by atoms with Gasteiger partial charge in [-0.15, -0.1) is 0 Å². The predicted molar refractivity (Wildman–Crippen MR) is 142 cm³/mol. The summed E-state index contributed by atoms with van der Waals surface area (Å²) in [6.45, 7) is 1.12. The SMILES string of the molecule is COc1ccc(COC[C@@H]2CCc3nc(-c4ccc(F)cc4)c(-c4ccnc(NC5CCC5)c4)n32)cc1. The molecule has 4 aromatic rings. The largest absolute Gasteiger partial charge is 0.497 e. The summed E-state index contributed by atoms with van der Waals surface area (Å²) >= 11 is 0. The number of hydrogen-bond acceptors (Lipinski definition) is 5. The predicted octanol–water partition coefficient (Wildman–Crippen LogP) is 6.43. The summed E-state index contributed by atoms with van der Waals surface area (Å²) in [6.07, 6.45) is 7.34. The van der Waals surface area contributed by atoms with E-state index < -0.39 is 0 Å². The van der Waals surface area contributed by atoms with Gasteiger partial charge in [0, 0.05) is 29.8 Å². The monoisotopic (exact) mass is 498 g/mol. The number of hydrogen-bond donors (Lipinski definition) is 1. The molecule has 0 saturated heterocycles. The molecule has 7 heteroatoms. The van der Waals surface area contributed by atoms with Crippen molar-refractivity contribution in [2.45, 2.75) is 50.8 Å². The van der Waals surface area contributed by atoms with Crippen LogP contribution in [-0.2, 0) is 17.8 Å². The second-order valence-corrected chi connectivity index (χ2v) is 9.86. The van der Waals surface area contributed by atoms with Gasteiger partial charge in [0.25, 0.3) is 0 Å². The molecule has 6 nitrogen and oxygen atoms in total. The fourth-order valence-corrected chi connectivity index (χ4v) is 5.17. The molecule has 6 rings (SSSR count). The highest BCUT2D eigenvalue weighted by molar-refractivity contribution is 5.80. The van der Waals surface area contributed by atoms with Gasteiger partial charge in [-0.05, 0) is 79.8 Å². The van der Waals surface area contributed by atoms with E-state index in [4.69, 9.17) is 14.5 Å². The number of aromatic nitrogens is 3. The minimum atomic E-state index is -0.252. The zero-order valence-electron chi connectivity index (χ0n) is 21.0. The zero-order valence-corrected chi connectivity index (χ0v) is 21.0. The van der Waals surface area contributed by atoms with Crippen molar-refractivity contribution in [1.29, 1.82) is 0 Å². The Morgan fingerprint density at radius 2 is 1.81 bits per heavy atom. The summed E-state index contributed by atoms with van der Waals surface area (Å²) in [5.74, 6) is 2.51. The van der Waals surface area contributed by atoms with E-state index in [0.29, 0.717) is 19.3 Å². The van der Waals surface area contributed by atoms with Crippen LogP contribution in [0.4, 0.5) is 10.2 Å². The van der Waals surface area contributed by atoms with Crippen molar-refractivity contribution >= 4 is 5.82 Å². The third-order valence-corrected chi connectivity index (χ3v) is 7.40. The van der Waals surface area contributed by atoms with Crippen LogP contribution in [0.15, 0.2) is 66.9 Å². The molecule has 1 saturated carbocycles. The van der Waals surface area contributed by atoms with Crippen molar-refractivity contribution in [3.63, 3.8) is 0 Å². The number of anilines is 1. The molecule has 1 aliphatic carbocycles. The van der Waals surface area contributed by atoms with Crippen molar-refractivity contribution in [3.8, 4) is 28.3 Å². The molecule has 1 aliphatic heterocycles. The van der Waals surface area contributed by atoms with Crippen molar-refractivity contribution < 1.29 is 13.9 Å². The topological polar surface area (TPSA) is 61.2 Å². The van der Waals surface area contributed by atoms with Crippen LogP contribution < -0.4 is 10.1 Å². The Balaban J connectivity index is 1.30. The Morgan fingerprint density at radius 3 is 2.54 bits per heavy atom. The third-order valence-electron chi connectivity index (χ3n) is 7.40. The normalized spacial score (nSPS) is 16.9. The molecule has 37 heavy (non-hydrogen) atoms. The van der Waals surface area contributed by atoms with Crippen molar-refractivity contribution in [1.82, 2.24) is 14.5 Å². The summed E-state index contributed by atoms with van der Waals surface area (Å²) in [5.41, 5.74) is 4.98. The lowest BCUT2D eigenvalue weighted by Crippen LogP contribution is -2.27. The van der Waals surface area contributed by atoms with Gasteiger partial charge in [-0.1, -0.05) is 12.1 Å². The van der Waals surface area contributed by atoms with Gasteiger partial charge in [0.05, 0.1) is 37.8 Å². The fourth-order valence-electron chi connectivity index (χ4n) is 5.17. The zero-order chi connectivity index (χ0) is 25.2. The molecule has 2 aromatic heterocycles. The highest BCUT2D eigenvalue weighted by atomic mass is 19.1. The summed E-state index contributed by atoms with van der Waals surface area (Å²) in [6, 6.07) is 19.4. The van der Waals surface area contributed by atoms with Gasteiger partial charge < -0.3 is 19.4 Å². The second-order valence-electron chi connectivity index (χ2n) is 9.86. The molecular weight excluding hydrogens is 467 g/mol. The minimum absolute atomic E-state index is 0.168. The molecule has 0 unspecified atom stereocenters. The van der Waals surface area contributed by atoms with Crippen molar-refractivity contribution in [2.24, 2.45) is 0 Å². The molecule has 1 atom stereocenters. The molecule has 3 heterocycles. The van der Waals surface area contributed by atoms with Crippen molar-refractivity contribution in [3.05, 3.63) is 84.1 Å².